The number of likely N-dealkylation sites (tertiary alicyclic amines) is 1. The molecule has 1 N–H and O–H groups in total. The maximum absolute atomic E-state index is 12.5. The summed E-state index contributed by atoms with van der Waals surface area (Å²) < 4.78 is 37.5. The van der Waals surface area contributed by atoms with E-state index in [-0.39, 0.29) is 41.2 Å². The summed E-state index contributed by atoms with van der Waals surface area (Å²) in [6, 6.07) is 5.65. The molecule has 21 heavy (non-hydrogen) atoms. The van der Waals surface area contributed by atoms with Gasteiger partial charge in [0.15, 0.2) is 0 Å². The minimum atomic E-state index is -4.44. The van der Waals surface area contributed by atoms with Gasteiger partial charge in [-0.25, -0.2) is 0 Å². The van der Waals surface area contributed by atoms with E-state index >= 15 is 0 Å². The largest absolute Gasteiger partial charge is 0.446 e. The Morgan fingerprint density at radius 1 is 1.33 bits per heavy atom. The molecule has 0 unspecified atom stereocenters. The Hall–Kier alpha value is -1.21. The summed E-state index contributed by atoms with van der Waals surface area (Å²) in [6.07, 6.45) is 0. The fourth-order valence-electron chi connectivity index (χ4n) is 2.15. The number of carbonyl (C=O) groups is 1. The van der Waals surface area contributed by atoms with Gasteiger partial charge in [-0.3, -0.25) is 4.79 Å². The number of β-amino-alcohol motifs (C(OH)–C–C–N with tert-alkyl or cyclic N) is 1. The summed E-state index contributed by atoms with van der Waals surface area (Å²) in [7, 11) is 0. The number of aliphatic hydroxyl groups is 1. The van der Waals surface area contributed by atoms with E-state index in [9.17, 15) is 23.1 Å². The smallest absolute Gasteiger partial charge is 0.386 e. The third kappa shape index (κ3) is 3.52. The molecule has 1 aromatic carbocycles. The molecule has 0 bridgehead atoms. The van der Waals surface area contributed by atoms with E-state index in [4.69, 9.17) is 0 Å². The quantitative estimate of drug-likeness (QED) is 0.870. The number of benzene rings is 1. The predicted octanol–water partition coefficient (Wildman–Crippen LogP) is 3.14. The molecule has 0 atom stereocenters. The molecule has 1 aliphatic rings. The highest BCUT2D eigenvalue weighted by Crippen LogP contribution is 2.39. The van der Waals surface area contributed by atoms with Crippen LogP contribution in [0.2, 0.25) is 0 Å². The second-order valence-electron chi connectivity index (χ2n) is 5.46. The zero-order valence-electron chi connectivity index (χ0n) is 11.6. The molecule has 1 saturated heterocycles. The molecule has 0 radical (unpaired) electrons. The number of hydrogen-bond donors (Lipinski definition) is 1. The van der Waals surface area contributed by atoms with Crippen LogP contribution in [0, 0.1) is 5.92 Å². The Morgan fingerprint density at radius 2 is 1.90 bits per heavy atom. The lowest BCUT2D eigenvalue weighted by molar-refractivity contribution is -0.111. The van der Waals surface area contributed by atoms with E-state index in [2.05, 4.69) is 0 Å². The van der Waals surface area contributed by atoms with Crippen LogP contribution in [0.1, 0.15) is 24.2 Å². The van der Waals surface area contributed by atoms with Crippen LogP contribution in [0.3, 0.4) is 0 Å². The van der Waals surface area contributed by atoms with Crippen molar-refractivity contribution in [3.05, 3.63) is 29.8 Å². The molecule has 1 heterocycles. The molecule has 7 heteroatoms. The average molecular weight is 319 g/mol. The zero-order chi connectivity index (χ0) is 15.8. The first kappa shape index (κ1) is 16.2. The topological polar surface area (TPSA) is 40.5 Å². The summed E-state index contributed by atoms with van der Waals surface area (Å²) in [5, 5.41) is 10.1. The molecule has 116 valence electrons. The Bertz CT molecular complexity index is 539. The van der Waals surface area contributed by atoms with Crippen molar-refractivity contribution >= 4 is 17.7 Å². The van der Waals surface area contributed by atoms with E-state index in [0.717, 1.165) is 0 Å². The van der Waals surface area contributed by atoms with Gasteiger partial charge in [-0.15, -0.1) is 0 Å². The Balaban J connectivity index is 2.15. The molecule has 1 amide bonds. The standard InChI is InChI=1S/C14H16F3NO2S/c1-9(2)13(20)7-18(8-13)12(19)10-5-3-4-6-11(10)21-14(15,16)17/h3-6,9,20H,7-8H2,1-2H3. The van der Waals surface area contributed by atoms with Crippen molar-refractivity contribution in [3.63, 3.8) is 0 Å². The van der Waals surface area contributed by atoms with Crippen LogP contribution in [0.5, 0.6) is 0 Å². The van der Waals surface area contributed by atoms with E-state index in [1.807, 2.05) is 13.8 Å². The molecule has 0 spiro atoms. The summed E-state index contributed by atoms with van der Waals surface area (Å²) in [5.41, 5.74) is -5.36. The number of hydrogen-bond acceptors (Lipinski definition) is 3. The predicted molar refractivity (Wildman–Crippen MR) is 74.0 cm³/mol. The molecule has 1 aliphatic heterocycles. The lowest BCUT2D eigenvalue weighted by Crippen LogP contribution is -2.66. The third-order valence-electron chi connectivity index (χ3n) is 3.63. The number of rotatable bonds is 3. The van der Waals surface area contributed by atoms with Crippen LogP contribution >= 0.6 is 11.8 Å². The molecule has 0 aromatic heterocycles. The maximum atomic E-state index is 12.5. The molecule has 0 saturated carbocycles. The van der Waals surface area contributed by atoms with E-state index < -0.39 is 17.0 Å². The van der Waals surface area contributed by atoms with Crippen molar-refractivity contribution in [1.29, 1.82) is 0 Å². The molecule has 2 rings (SSSR count). The molecule has 3 nitrogen and oxygen atoms in total. The Labute approximate surface area is 125 Å². The van der Waals surface area contributed by atoms with Gasteiger partial charge in [0.1, 0.15) is 5.60 Å². The number of nitrogens with zero attached hydrogens (tertiary/aromatic N) is 1. The Kier molecular flexibility index (Phi) is 4.26. The summed E-state index contributed by atoms with van der Waals surface area (Å²) in [6.45, 7) is 3.98. The van der Waals surface area contributed by atoms with Crippen molar-refractivity contribution in [3.8, 4) is 0 Å². The second kappa shape index (κ2) is 5.53. The first-order valence-electron chi connectivity index (χ1n) is 6.49. The lowest BCUT2D eigenvalue weighted by atomic mass is 9.82. The molecular weight excluding hydrogens is 303 g/mol. The molecule has 1 aromatic rings. The maximum Gasteiger partial charge on any atom is 0.446 e. The van der Waals surface area contributed by atoms with Crippen LogP contribution in [0.15, 0.2) is 29.2 Å². The normalized spacial score (nSPS) is 17.8. The molecule has 0 aliphatic carbocycles. The molecular formula is C14H16F3NO2S. The SMILES string of the molecule is CC(C)C1(O)CN(C(=O)c2ccccc2SC(F)(F)F)C1. The van der Waals surface area contributed by atoms with Gasteiger partial charge in [0, 0.05) is 4.90 Å². The van der Waals surface area contributed by atoms with Crippen molar-refractivity contribution in [2.75, 3.05) is 13.1 Å². The van der Waals surface area contributed by atoms with Crippen molar-refractivity contribution in [2.45, 2.75) is 29.9 Å². The van der Waals surface area contributed by atoms with Gasteiger partial charge in [-0.2, -0.15) is 13.2 Å². The van der Waals surface area contributed by atoms with E-state index in [1.165, 1.54) is 29.2 Å². The number of amides is 1. The minimum Gasteiger partial charge on any atom is -0.386 e. The van der Waals surface area contributed by atoms with Crippen molar-refractivity contribution < 1.29 is 23.1 Å². The van der Waals surface area contributed by atoms with E-state index in [1.54, 1.807) is 0 Å². The fourth-order valence-corrected chi connectivity index (χ4v) is 2.81. The van der Waals surface area contributed by atoms with Gasteiger partial charge in [0.05, 0.1) is 18.7 Å². The highest BCUT2D eigenvalue weighted by atomic mass is 32.2. The zero-order valence-corrected chi connectivity index (χ0v) is 12.5. The Morgan fingerprint density at radius 3 is 2.43 bits per heavy atom. The van der Waals surface area contributed by atoms with Gasteiger partial charge in [-0.05, 0) is 29.8 Å². The van der Waals surface area contributed by atoms with Gasteiger partial charge in [0.25, 0.3) is 5.91 Å². The summed E-state index contributed by atoms with van der Waals surface area (Å²) in [5.74, 6) is -0.492. The number of alkyl halides is 3. The number of thioether (sulfide) groups is 1. The van der Waals surface area contributed by atoms with Crippen molar-refractivity contribution in [1.82, 2.24) is 4.90 Å². The highest BCUT2D eigenvalue weighted by Gasteiger charge is 2.46. The van der Waals surface area contributed by atoms with Gasteiger partial charge in [0.2, 0.25) is 0 Å². The van der Waals surface area contributed by atoms with Crippen LogP contribution < -0.4 is 0 Å². The second-order valence-corrected chi connectivity index (χ2v) is 6.57. The van der Waals surface area contributed by atoms with Gasteiger partial charge in [-0.1, -0.05) is 26.0 Å². The highest BCUT2D eigenvalue weighted by molar-refractivity contribution is 8.00. The van der Waals surface area contributed by atoms with Gasteiger partial charge < -0.3 is 10.0 Å². The summed E-state index contributed by atoms with van der Waals surface area (Å²) in [4.78, 5) is 13.5. The van der Waals surface area contributed by atoms with Crippen LogP contribution in [-0.2, 0) is 0 Å². The van der Waals surface area contributed by atoms with Gasteiger partial charge >= 0.3 is 5.51 Å². The van der Waals surface area contributed by atoms with Crippen LogP contribution in [-0.4, -0.2) is 40.1 Å². The van der Waals surface area contributed by atoms with Crippen molar-refractivity contribution in [2.24, 2.45) is 5.92 Å². The average Bonchev–Trinajstić information content (AvgIpc) is 2.32. The first-order chi connectivity index (χ1) is 9.62. The lowest BCUT2D eigenvalue weighted by Gasteiger charge is -2.49. The minimum absolute atomic E-state index is 0.0126. The number of carbonyl (C=O) groups excluding carboxylic acids is 1. The van der Waals surface area contributed by atoms with Crippen LogP contribution in [0.4, 0.5) is 13.2 Å². The third-order valence-corrected chi connectivity index (χ3v) is 4.44. The number of halogens is 3. The van der Waals surface area contributed by atoms with E-state index in [0.29, 0.717) is 0 Å². The summed E-state index contributed by atoms with van der Waals surface area (Å²) >= 11 is -0.296. The molecule has 1 fully saturated rings. The first-order valence-corrected chi connectivity index (χ1v) is 7.30. The fraction of sp³-hybridized carbons (Fsp3) is 0.500. The van der Waals surface area contributed by atoms with Crippen LogP contribution in [0.25, 0.3) is 0 Å². The monoisotopic (exact) mass is 319 g/mol.